The second-order valence-electron chi connectivity index (χ2n) is 2.82. The minimum atomic E-state index is -1.20. The van der Waals surface area contributed by atoms with E-state index in [-0.39, 0.29) is 0 Å². The molecule has 4 nitrogen and oxygen atoms in total. The summed E-state index contributed by atoms with van der Waals surface area (Å²) in [5.41, 5.74) is 0.400. The molecule has 0 unspecified atom stereocenters. The summed E-state index contributed by atoms with van der Waals surface area (Å²) >= 11 is 11.4. The second-order valence-corrected chi connectivity index (χ2v) is 3.69. The van der Waals surface area contributed by atoms with Gasteiger partial charge in [0.1, 0.15) is 0 Å². The lowest BCUT2D eigenvalue weighted by atomic mass is 10.3. The van der Waals surface area contributed by atoms with E-state index in [1.165, 1.54) is 18.2 Å². The first-order valence-electron chi connectivity index (χ1n) is 4.15. The summed E-state index contributed by atoms with van der Waals surface area (Å²) in [5, 5.41) is 11.5. The van der Waals surface area contributed by atoms with Crippen LogP contribution in [0.15, 0.2) is 30.4 Å². The number of carbonyl (C=O) groups is 2. The summed E-state index contributed by atoms with van der Waals surface area (Å²) in [7, 11) is 0. The first-order valence-corrected chi connectivity index (χ1v) is 4.91. The zero-order chi connectivity index (χ0) is 12.1. The summed E-state index contributed by atoms with van der Waals surface area (Å²) in [6.07, 6.45) is 1.64. The number of carboxylic acid groups (broad SMARTS) is 1. The Hall–Kier alpha value is -1.52. The Labute approximate surface area is 101 Å². The van der Waals surface area contributed by atoms with Gasteiger partial charge >= 0.3 is 5.97 Å². The summed E-state index contributed by atoms with van der Waals surface area (Å²) in [6.45, 7) is 0. The number of carbonyl (C=O) groups excluding carboxylic acids is 1. The van der Waals surface area contributed by atoms with Crippen molar-refractivity contribution >= 4 is 40.8 Å². The van der Waals surface area contributed by atoms with Crippen LogP contribution in [-0.4, -0.2) is 17.0 Å². The molecule has 16 heavy (non-hydrogen) atoms. The van der Waals surface area contributed by atoms with E-state index in [1.807, 2.05) is 0 Å². The fourth-order valence-electron chi connectivity index (χ4n) is 0.957. The summed E-state index contributed by atoms with van der Waals surface area (Å²) in [5.74, 6) is -1.76. The van der Waals surface area contributed by atoms with E-state index in [2.05, 4.69) is 5.32 Å². The smallest absolute Gasteiger partial charge is 0.328 e. The Morgan fingerprint density at radius 3 is 2.19 bits per heavy atom. The number of nitrogens with one attached hydrogen (secondary N) is 1. The van der Waals surface area contributed by atoms with Crippen LogP contribution in [0.5, 0.6) is 0 Å². The molecule has 1 aromatic carbocycles. The highest BCUT2D eigenvalue weighted by molar-refractivity contribution is 6.35. The maximum atomic E-state index is 11.2. The molecule has 0 radical (unpaired) electrons. The van der Waals surface area contributed by atoms with Gasteiger partial charge in [-0.05, 0) is 18.2 Å². The number of amides is 1. The summed E-state index contributed by atoms with van der Waals surface area (Å²) in [6, 6.07) is 4.52. The molecule has 84 valence electrons. The zero-order valence-electron chi connectivity index (χ0n) is 7.91. The standard InChI is InChI=1S/C10H7Cl2NO3/c11-6-3-7(12)5-8(4-6)13-9(14)1-2-10(15)16/h1-5H,(H,13,14)(H,15,16). The monoisotopic (exact) mass is 259 g/mol. The van der Waals surface area contributed by atoms with Crippen LogP contribution in [0.3, 0.4) is 0 Å². The quantitative estimate of drug-likeness (QED) is 0.821. The lowest BCUT2D eigenvalue weighted by molar-refractivity contribution is -0.131. The van der Waals surface area contributed by atoms with E-state index in [0.717, 1.165) is 12.2 Å². The third kappa shape index (κ3) is 4.33. The van der Waals surface area contributed by atoms with E-state index in [9.17, 15) is 9.59 Å². The van der Waals surface area contributed by atoms with Crippen LogP contribution >= 0.6 is 23.2 Å². The molecular weight excluding hydrogens is 253 g/mol. The number of hydrogen-bond acceptors (Lipinski definition) is 2. The molecule has 0 aliphatic heterocycles. The van der Waals surface area contributed by atoms with Crippen LogP contribution in [0.1, 0.15) is 0 Å². The third-order valence-corrected chi connectivity index (χ3v) is 1.94. The Kier molecular flexibility index (Phi) is 4.34. The first kappa shape index (κ1) is 12.5. The van der Waals surface area contributed by atoms with E-state index in [0.29, 0.717) is 15.7 Å². The van der Waals surface area contributed by atoms with Gasteiger partial charge in [0.2, 0.25) is 5.91 Å². The molecular formula is C10H7Cl2NO3. The van der Waals surface area contributed by atoms with Crippen molar-refractivity contribution in [2.45, 2.75) is 0 Å². The Morgan fingerprint density at radius 1 is 1.12 bits per heavy atom. The Balaban J connectivity index is 2.73. The molecule has 0 saturated heterocycles. The maximum absolute atomic E-state index is 11.2. The van der Waals surface area contributed by atoms with Crippen LogP contribution in [0.4, 0.5) is 5.69 Å². The SMILES string of the molecule is O=C(O)C=CC(=O)Nc1cc(Cl)cc(Cl)c1. The summed E-state index contributed by atoms with van der Waals surface area (Å²) < 4.78 is 0. The topological polar surface area (TPSA) is 66.4 Å². The number of anilines is 1. The minimum Gasteiger partial charge on any atom is -0.478 e. The van der Waals surface area contributed by atoms with Crippen LogP contribution in [0.2, 0.25) is 10.0 Å². The van der Waals surface area contributed by atoms with E-state index in [1.54, 1.807) is 0 Å². The number of carboxylic acids is 1. The van der Waals surface area contributed by atoms with Gasteiger partial charge in [-0.3, -0.25) is 4.79 Å². The van der Waals surface area contributed by atoms with Crippen molar-refractivity contribution in [1.29, 1.82) is 0 Å². The van der Waals surface area contributed by atoms with Gasteiger partial charge in [-0.2, -0.15) is 0 Å². The third-order valence-electron chi connectivity index (χ3n) is 1.51. The lowest BCUT2D eigenvalue weighted by Gasteiger charge is -2.03. The predicted octanol–water partition coefficient (Wildman–Crippen LogP) is 2.57. The highest BCUT2D eigenvalue weighted by Crippen LogP contribution is 2.22. The summed E-state index contributed by atoms with van der Waals surface area (Å²) in [4.78, 5) is 21.3. The van der Waals surface area contributed by atoms with Crippen molar-refractivity contribution in [3.05, 3.63) is 40.4 Å². The number of halogens is 2. The molecule has 0 aromatic heterocycles. The van der Waals surface area contributed by atoms with Gasteiger partial charge in [-0.1, -0.05) is 23.2 Å². The fraction of sp³-hybridized carbons (Fsp3) is 0. The zero-order valence-corrected chi connectivity index (χ0v) is 9.42. The Bertz CT molecular complexity index is 437. The van der Waals surface area contributed by atoms with Crippen LogP contribution in [0, 0.1) is 0 Å². The molecule has 0 bridgehead atoms. The van der Waals surface area contributed by atoms with Gasteiger partial charge in [0.15, 0.2) is 0 Å². The average Bonchev–Trinajstić information content (AvgIpc) is 2.12. The molecule has 0 heterocycles. The number of benzene rings is 1. The van der Waals surface area contributed by atoms with Crippen LogP contribution < -0.4 is 5.32 Å². The predicted molar refractivity (Wildman–Crippen MR) is 61.9 cm³/mol. The van der Waals surface area contributed by atoms with Gasteiger partial charge in [0.05, 0.1) is 0 Å². The van der Waals surface area contributed by atoms with Crippen molar-refractivity contribution in [2.75, 3.05) is 5.32 Å². The fourth-order valence-corrected chi connectivity index (χ4v) is 1.48. The molecule has 0 fully saturated rings. The molecule has 1 amide bonds. The minimum absolute atomic E-state index is 0.380. The first-order chi connectivity index (χ1) is 7.47. The van der Waals surface area contributed by atoms with Gasteiger partial charge in [-0.15, -0.1) is 0 Å². The average molecular weight is 260 g/mol. The van der Waals surface area contributed by atoms with Gasteiger partial charge < -0.3 is 10.4 Å². The van der Waals surface area contributed by atoms with E-state index in [4.69, 9.17) is 28.3 Å². The highest BCUT2D eigenvalue weighted by Gasteiger charge is 2.01. The van der Waals surface area contributed by atoms with Crippen LogP contribution in [0.25, 0.3) is 0 Å². The van der Waals surface area contributed by atoms with E-state index >= 15 is 0 Å². The molecule has 0 spiro atoms. The maximum Gasteiger partial charge on any atom is 0.328 e. The molecule has 0 aliphatic carbocycles. The van der Waals surface area contributed by atoms with Crippen LogP contribution in [-0.2, 0) is 9.59 Å². The molecule has 2 N–H and O–H groups in total. The normalized spacial score (nSPS) is 10.4. The molecule has 1 rings (SSSR count). The van der Waals surface area contributed by atoms with Gasteiger partial charge in [0, 0.05) is 27.9 Å². The molecule has 1 aromatic rings. The molecule has 0 aliphatic rings. The number of hydrogen-bond donors (Lipinski definition) is 2. The highest BCUT2D eigenvalue weighted by atomic mass is 35.5. The van der Waals surface area contributed by atoms with Crippen molar-refractivity contribution < 1.29 is 14.7 Å². The lowest BCUT2D eigenvalue weighted by Crippen LogP contribution is -2.08. The number of aliphatic carboxylic acids is 1. The van der Waals surface area contributed by atoms with Crippen molar-refractivity contribution in [3.8, 4) is 0 Å². The molecule has 6 heteroatoms. The molecule has 0 saturated carbocycles. The number of rotatable bonds is 3. The Morgan fingerprint density at radius 2 is 1.69 bits per heavy atom. The van der Waals surface area contributed by atoms with Gasteiger partial charge in [0.25, 0.3) is 0 Å². The van der Waals surface area contributed by atoms with Crippen molar-refractivity contribution in [3.63, 3.8) is 0 Å². The van der Waals surface area contributed by atoms with Gasteiger partial charge in [-0.25, -0.2) is 4.79 Å². The largest absolute Gasteiger partial charge is 0.478 e. The van der Waals surface area contributed by atoms with E-state index < -0.39 is 11.9 Å². The van der Waals surface area contributed by atoms with Crippen molar-refractivity contribution in [2.24, 2.45) is 0 Å². The molecule has 0 atom stereocenters. The van der Waals surface area contributed by atoms with Crippen molar-refractivity contribution in [1.82, 2.24) is 0 Å². The second kappa shape index (κ2) is 5.53.